The number of hydrogen-bond donors (Lipinski definition) is 0. The van der Waals surface area contributed by atoms with Crippen molar-refractivity contribution >= 4 is 5.69 Å². The van der Waals surface area contributed by atoms with Gasteiger partial charge in [-0.25, -0.2) is 0 Å². The van der Waals surface area contributed by atoms with Gasteiger partial charge in [0.1, 0.15) is 5.75 Å². The van der Waals surface area contributed by atoms with Crippen LogP contribution in [0.5, 0.6) is 5.75 Å². The fourth-order valence-corrected chi connectivity index (χ4v) is 4.03. The highest BCUT2D eigenvalue weighted by atomic mass is 16.5. The molecule has 0 N–H and O–H groups in total. The third kappa shape index (κ3) is 4.11. The molecule has 1 aromatic rings. The third-order valence-electron chi connectivity index (χ3n) is 5.39. The lowest BCUT2D eigenvalue weighted by atomic mass is 10.0. The summed E-state index contributed by atoms with van der Waals surface area (Å²) < 4.78 is 5.52. The molecule has 0 spiro atoms. The maximum atomic E-state index is 5.52. The van der Waals surface area contributed by atoms with E-state index in [1.54, 1.807) is 7.11 Å². The minimum Gasteiger partial charge on any atom is -0.495 e. The Hall–Kier alpha value is -1.52. The quantitative estimate of drug-likeness (QED) is 0.747. The van der Waals surface area contributed by atoms with Gasteiger partial charge in [-0.3, -0.25) is 4.90 Å². The van der Waals surface area contributed by atoms with E-state index in [-0.39, 0.29) is 0 Å². The van der Waals surface area contributed by atoms with Crippen LogP contribution in [0, 0.1) is 0 Å². The number of benzene rings is 1. The van der Waals surface area contributed by atoms with Crippen LogP contribution in [0.15, 0.2) is 36.9 Å². The zero-order valence-corrected chi connectivity index (χ0v) is 15.0. The van der Waals surface area contributed by atoms with Crippen molar-refractivity contribution in [2.24, 2.45) is 0 Å². The molecule has 1 unspecified atom stereocenters. The Balaban J connectivity index is 1.54. The standard InChI is InChI=1S/C20H31N3O/c1-3-4-11-21-12-7-8-18(17-21)22-13-15-23(16-14-22)19-9-5-6-10-20(19)24-2/h3,5-6,9-10,18H,1,4,7-8,11-17H2,2H3. The van der Waals surface area contributed by atoms with Crippen molar-refractivity contribution in [3.63, 3.8) is 0 Å². The van der Waals surface area contributed by atoms with Gasteiger partial charge in [-0.05, 0) is 37.9 Å². The van der Waals surface area contributed by atoms with Crippen molar-refractivity contribution in [2.75, 3.05) is 57.8 Å². The molecule has 1 aromatic carbocycles. The molecule has 2 aliphatic heterocycles. The molecule has 24 heavy (non-hydrogen) atoms. The molecule has 1 atom stereocenters. The molecule has 132 valence electrons. The van der Waals surface area contributed by atoms with Gasteiger partial charge < -0.3 is 14.5 Å². The zero-order valence-electron chi connectivity index (χ0n) is 15.0. The molecule has 4 heteroatoms. The van der Waals surface area contributed by atoms with E-state index in [1.165, 1.54) is 38.2 Å². The van der Waals surface area contributed by atoms with Crippen LogP contribution < -0.4 is 9.64 Å². The summed E-state index contributed by atoms with van der Waals surface area (Å²) in [6, 6.07) is 9.09. The highest BCUT2D eigenvalue weighted by molar-refractivity contribution is 5.58. The van der Waals surface area contributed by atoms with Crippen LogP contribution in [0.1, 0.15) is 19.3 Å². The van der Waals surface area contributed by atoms with Crippen LogP contribution in [0.2, 0.25) is 0 Å². The van der Waals surface area contributed by atoms with E-state index in [1.807, 2.05) is 12.1 Å². The molecule has 2 saturated heterocycles. The fourth-order valence-electron chi connectivity index (χ4n) is 4.03. The lowest BCUT2D eigenvalue weighted by Gasteiger charge is -2.44. The van der Waals surface area contributed by atoms with Crippen molar-refractivity contribution in [2.45, 2.75) is 25.3 Å². The first-order chi connectivity index (χ1) is 11.8. The molecule has 0 saturated carbocycles. The van der Waals surface area contributed by atoms with Crippen LogP contribution in [0.25, 0.3) is 0 Å². The maximum Gasteiger partial charge on any atom is 0.142 e. The van der Waals surface area contributed by atoms with Crippen molar-refractivity contribution in [3.05, 3.63) is 36.9 Å². The van der Waals surface area contributed by atoms with Gasteiger partial charge in [0.05, 0.1) is 12.8 Å². The summed E-state index contributed by atoms with van der Waals surface area (Å²) in [4.78, 5) is 7.78. The molecule has 2 heterocycles. The van der Waals surface area contributed by atoms with Crippen LogP contribution in [-0.2, 0) is 0 Å². The zero-order chi connectivity index (χ0) is 16.8. The Morgan fingerprint density at radius 2 is 1.96 bits per heavy atom. The summed E-state index contributed by atoms with van der Waals surface area (Å²) in [6.45, 7) is 12.0. The number of piperazine rings is 1. The average molecular weight is 329 g/mol. The first-order valence-electron chi connectivity index (χ1n) is 9.27. The van der Waals surface area contributed by atoms with Gasteiger partial charge in [0.2, 0.25) is 0 Å². The van der Waals surface area contributed by atoms with Crippen LogP contribution in [0.3, 0.4) is 0 Å². The average Bonchev–Trinajstić information content (AvgIpc) is 2.66. The Bertz CT molecular complexity index is 525. The summed E-state index contributed by atoms with van der Waals surface area (Å²) in [7, 11) is 1.76. The first-order valence-corrected chi connectivity index (χ1v) is 9.27. The third-order valence-corrected chi connectivity index (χ3v) is 5.39. The lowest BCUT2D eigenvalue weighted by Crippen LogP contribution is -2.55. The minimum absolute atomic E-state index is 0.725. The summed E-state index contributed by atoms with van der Waals surface area (Å²) in [5.41, 5.74) is 1.23. The lowest BCUT2D eigenvalue weighted by molar-refractivity contribution is 0.0936. The number of likely N-dealkylation sites (tertiary alicyclic amines) is 1. The predicted octanol–water partition coefficient (Wildman–Crippen LogP) is 2.86. The molecule has 3 rings (SSSR count). The molecule has 2 fully saturated rings. The largest absolute Gasteiger partial charge is 0.495 e. The van der Waals surface area contributed by atoms with Crippen molar-refractivity contribution in [3.8, 4) is 5.75 Å². The molecule has 0 aliphatic carbocycles. The molecule has 2 aliphatic rings. The number of anilines is 1. The van der Waals surface area contributed by atoms with E-state index in [2.05, 4.69) is 39.5 Å². The van der Waals surface area contributed by atoms with Crippen molar-refractivity contribution in [1.82, 2.24) is 9.80 Å². The topological polar surface area (TPSA) is 19.0 Å². The molecule has 0 amide bonds. The molecule has 0 radical (unpaired) electrons. The monoisotopic (exact) mass is 329 g/mol. The molecule has 0 bridgehead atoms. The van der Waals surface area contributed by atoms with Gasteiger partial charge in [0, 0.05) is 45.3 Å². The summed E-state index contributed by atoms with van der Waals surface area (Å²) in [5, 5.41) is 0. The van der Waals surface area contributed by atoms with Crippen molar-refractivity contribution in [1.29, 1.82) is 0 Å². The molecular weight excluding hydrogens is 298 g/mol. The van der Waals surface area contributed by atoms with E-state index >= 15 is 0 Å². The number of hydrogen-bond acceptors (Lipinski definition) is 4. The van der Waals surface area contributed by atoms with Gasteiger partial charge >= 0.3 is 0 Å². The Morgan fingerprint density at radius 3 is 2.71 bits per heavy atom. The SMILES string of the molecule is C=CCCN1CCCC(N2CCN(c3ccccc3OC)CC2)C1. The summed E-state index contributed by atoms with van der Waals surface area (Å²) >= 11 is 0. The Morgan fingerprint density at radius 1 is 1.17 bits per heavy atom. The highest BCUT2D eigenvalue weighted by Gasteiger charge is 2.28. The van der Waals surface area contributed by atoms with E-state index in [4.69, 9.17) is 4.74 Å². The first kappa shape index (κ1) is 17.3. The maximum absolute atomic E-state index is 5.52. The molecular formula is C20H31N3O. The molecule has 4 nitrogen and oxygen atoms in total. The van der Waals surface area contributed by atoms with E-state index < -0.39 is 0 Å². The number of para-hydroxylation sites is 2. The van der Waals surface area contributed by atoms with E-state index in [0.29, 0.717) is 0 Å². The summed E-state index contributed by atoms with van der Waals surface area (Å²) in [6.07, 6.45) is 5.82. The van der Waals surface area contributed by atoms with Crippen LogP contribution in [-0.4, -0.2) is 68.8 Å². The van der Waals surface area contributed by atoms with Crippen molar-refractivity contribution < 1.29 is 4.74 Å². The second-order valence-corrected chi connectivity index (χ2v) is 6.87. The second kappa shape index (κ2) is 8.54. The van der Waals surface area contributed by atoms with E-state index in [9.17, 15) is 0 Å². The van der Waals surface area contributed by atoms with Gasteiger partial charge in [-0.2, -0.15) is 0 Å². The Labute approximate surface area is 146 Å². The smallest absolute Gasteiger partial charge is 0.142 e. The minimum atomic E-state index is 0.725. The summed E-state index contributed by atoms with van der Waals surface area (Å²) in [5.74, 6) is 0.985. The Kier molecular flexibility index (Phi) is 6.16. The van der Waals surface area contributed by atoms with Crippen LogP contribution >= 0.6 is 0 Å². The van der Waals surface area contributed by atoms with Gasteiger partial charge in [0.25, 0.3) is 0 Å². The highest BCUT2D eigenvalue weighted by Crippen LogP contribution is 2.29. The van der Waals surface area contributed by atoms with E-state index in [0.717, 1.165) is 44.4 Å². The number of piperidine rings is 1. The number of methoxy groups -OCH3 is 1. The van der Waals surface area contributed by atoms with Crippen LogP contribution in [0.4, 0.5) is 5.69 Å². The number of rotatable bonds is 6. The van der Waals surface area contributed by atoms with Gasteiger partial charge in [-0.15, -0.1) is 6.58 Å². The fraction of sp³-hybridized carbons (Fsp3) is 0.600. The van der Waals surface area contributed by atoms with Gasteiger partial charge in [-0.1, -0.05) is 18.2 Å². The number of ether oxygens (including phenoxy) is 1. The normalized spacial score (nSPS) is 23.2. The molecule has 0 aromatic heterocycles. The number of nitrogens with zero attached hydrogens (tertiary/aromatic N) is 3. The predicted molar refractivity (Wildman–Crippen MR) is 101 cm³/mol. The second-order valence-electron chi connectivity index (χ2n) is 6.87. The van der Waals surface area contributed by atoms with Gasteiger partial charge in [0.15, 0.2) is 0 Å².